The minimum absolute atomic E-state index is 0.143. The van der Waals surface area contributed by atoms with Gasteiger partial charge >= 0.3 is 0 Å². The molecule has 4 heteroatoms. The van der Waals surface area contributed by atoms with Gasteiger partial charge in [0.2, 0.25) is 5.91 Å². The van der Waals surface area contributed by atoms with Gasteiger partial charge in [-0.05, 0) is 36.5 Å². The van der Waals surface area contributed by atoms with Crippen molar-refractivity contribution in [2.24, 2.45) is 5.92 Å². The molecule has 1 unspecified atom stereocenters. The van der Waals surface area contributed by atoms with Gasteiger partial charge in [0.1, 0.15) is 0 Å². The number of benzene rings is 1. The van der Waals surface area contributed by atoms with Gasteiger partial charge < -0.3 is 5.32 Å². The predicted molar refractivity (Wildman–Crippen MR) is 88.1 cm³/mol. The summed E-state index contributed by atoms with van der Waals surface area (Å²) in [4.78, 5) is 16.3. The smallest absolute Gasteiger partial charge is 0.220 e. The Bertz CT molecular complexity index is 698. The molecule has 0 bridgehead atoms. The van der Waals surface area contributed by atoms with Crippen molar-refractivity contribution < 1.29 is 4.79 Å². The van der Waals surface area contributed by atoms with Crippen LogP contribution in [0.4, 0.5) is 0 Å². The average molecular weight is 347 g/mol. The van der Waals surface area contributed by atoms with Crippen LogP contribution in [-0.4, -0.2) is 16.4 Å². The normalized spacial score (nSPS) is 22.0. The maximum atomic E-state index is 11.7. The van der Waals surface area contributed by atoms with Crippen molar-refractivity contribution in [1.82, 2.24) is 10.3 Å². The quantitative estimate of drug-likeness (QED) is 0.917. The molecule has 1 atom stereocenters. The highest BCUT2D eigenvalue weighted by Gasteiger charge is 2.40. The summed E-state index contributed by atoms with van der Waals surface area (Å²) < 4.78 is 1.06. The van der Waals surface area contributed by atoms with E-state index in [9.17, 15) is 4.79 Å². The SMILES string of the molecule is CC(C)C1(Cc2ccc(Br)c3cccnc23)CCC(=O)N1. The van der Waals surface area contributed by atoms with Crippen molar-refractivity contribution in [1.29, 1.82) is 0 Å². The van der Waals surface area contributed by atoms with Gasteiger partial charge in [-0.3, -0.25) is 9.78 Å². The predicted octanol–water partition coefficient (Wildman–Crippen LogP) is 3.84. The van der Waals surface area contributed by atoms with Gasteiger partial charge in [0.15, 0.2) is 0 Å². The minimum Gasteiger partial charge on any atom is -0.350 e. The first kappa shape index (κ1) is 14.5. The molecule has 0 saturated carbocycles. The Morgan fingerprint density at radius 3 is 2.86 bits per heavy atom. The van der Waals surface area contributed by atoms with Gasteiger partial charge in [-0.2, -0.15) is 0 Å². The van der Waals surface area contributed by atoms with Gasteiger partial charge in [-0.1, -0.05) is 41.9 Å². The summed E-state index contributed by atoms with van der Waals surface area (Å²) in [5.74, 6) is 0.560. The Labute approximate surface area is 133 Å². The molecule has 1 amide bonds. The molecular weight excluding hydrogens is 328 g/mol. The molecule has 1 aliphatic heterocycles. The molecule has 1 N–H and O–H groups in total. The maximum absolute atomic E-state index is 11.7. The summed E-state index contributed by atoms with van der Waals surface area (Å²) in [5, 5.41) is 4.34. The summed E-state index contributed by atoms with van der Waals surface area (Å²) in [6.07, 6.45) is 4.18. The Kier molecular flexibility index (Phi) is 3.74. The standard InChI is InChI=1S/C17H19BrN2O/c1-11(2)17(8-7-15(21)20-17)10-12-5-6-14(18)13-4-3-9-19-16(12)13/h3-6,9,11H,7-8,10H2,1-2H3,(H,20,21). The fraction of sp³-hybridized carbons (Fsp3) is 0.412. The number of carbonyl (C=O) groups is 1. The van der Waals surface area contributed by atoms with E-state index in [1.807, 2.05) is 12.3 Å². The van der Waals surface area contributed by atoms with Crippen LogP contribution in [0.5, 0.6) is 0 Å². The number of amides is 1. The molecule has 1 aliphatic rings. The second-order valence-corrected chi connectivity index (χ2v) is 7.00. The van der Waals surface area contributed by atoms with Crippen molar-refractivity contribution in [3.8, 4) is 0 Å². The van der Waals surface area contributed by atoms with Gasteiger partial charge in [0, 0.05) is 28.0 Å². The highest BCUT2D eigenvalue weighted by molar-refractivity contribution is 9.10. The number of aromatic nitrogens is 1. The molecule has 0 aliphatic carbocycles. The largest absolute Gasteiger partial charge is 0.350 e. The first-order valence-corrected chi connectivity index (χ1v) is 8.14. The van der Waals surface area contributed by atoms with Gasteiger partial charge in [0.25, 0.3) is 0 Å². The lowest BCUT2D eigenvalue weighted by atomic mass is 9.79. The number of rotatable bonds is 3. The maximum Gasteiger partial charge on any atom is 0.220 e. The van der Waals surface area contributed by atoms with Crippen LogP contribution in [0.1, 0.15) is 32.3 Å². The van der Waals surface area contributed by atoms with Crippen LogP contribution in [0.3, 0.4) is 0 Å². The topological polar surface area (TPSA) is 42.0 Å². The van der Waals surface area contributed by atoms with E-state index < -0.39 is 0 Å². The van der Waals surface area contributed by atoms with Crippen LogP contribution in [-0.2, 0) is 11.2 Å². The Balaban J connectivity index is 2.05. The van der Waals surface area contributed by atoms with Gasteiger partial charge in [0.05, 0.1) is 5.52 Å². The summed E-state index contributed by atoms with van der Waals surface area (Å²) in [6, 6.07) is 8.22. The molecule has 1 aromatic carbocycles. The molecule has 0 radical (unpaired) electrons. The highest BCUT2D eigenvalue weighted by atomic mass is 79.9. The molecule has 110 valence electrons. The average Bonchev–Trinajstić information content (AvgIpc) is 2.85. The van der Waals surface area contributed by atoms with E-state index in [2.05, 4.69) is 58.3 Å². The second-order valence-electron chi connectivity index (χ2n) is 6.14. The monoisotopic (exact) mass is 346 g/mol. The number of halogens is 1. The van der Waals surface area contributed by atoms with Crippen LogP contribution in [0.2, 0.25) is 0 Å². The number of nitrogens with zero attached hydrogens (tertiary/aromatic N) is 1. The molecule has 21 heavy (non-hydrogen) atoms. The van der Waals surface area contributed by atoms with Gasteiger partial charge in [-0.25, -0.2) is 0 Å². The number of nitrogens with one attached hydrogen (secondary N) is 1. The first-order valence-electron chi connectivity index (χ1n) is 7.35. The van der Waals surface area contributed by atoms with E-state index in [1.54, 1.807) is 0 Å². The lowest BCUT2D eigenvalue weighted by Crippen LogP contribution is -2.48. The van der Waals surface area contributed by atoms with Crippen molar-refractivity contribution in [2.75, 3.05) is 0 Å². The minimum atomic E-state index is -0.143. The molecule has 3 rings (SSSR count). The zero-order valence-electron chi connectivity index (χ0n) is 12.3. The zero-order valence-corrected chi connectivity index (χ0v) is 13.9. The van der Waals surface area contributed by atoms with Crippen LogP contribution in [0.25, 0.3) is 10.9 Å². The number of fused-ring (bicyclic) bond motifs is 1. The molecule has 1 fully saturated rings. The third-order valence-electron chi connectivity index (χ3n) is 4.60. The van der Waals surface area contributed by atoms with Crippen LogP contribution in [0, 0.1) is 5.92 Å². The number of pyridine rings is 1. The molecule has 1 saturated heterocycles. The molecule has 1 aromatic heterocycles. The van der Waals surface area contributed by atoms with E-state index in [0.29, 0.717) is 12.3 Å². The summed E-state index contributed by atoms with van der Waals surface area (Å²) >= 11 is 3.59. The number of hydrogen-bond donors (Lipinski definition) is 1. The van der Waals surface area contributed by atoms with E-state index in [-0.39, 0.29) is 11.4 Å². The Morgan fingerprint density at radius 2 is 2.19 bits per heavy atom. The third-order valence-corrected chi connectivity index (χ3v) is 5.29. The Morgan fingerprint density at radius 1 is 1.38 bits per heavy atom. The third kappa shape index (κ3) is 2.57. The lowest BCUT2D eigenvalue weighted by Gasteiger charge is -2.34. The fourth-order valence-corrected chi connectivity index (χ4v) is 3.64. The van der Waals surface area contributed by atoms with E-state index in [4.69, 9.17) is 0 Å². The van der Waals surface area contributed by atoms with Crippen molar-refractivity contribution in [2.45, 2.75) is 38.6 Å². The van der Waals surface area contributed by atoms with Crippen LogP contribution in [0.15, 0.2) is 34.9 Å². The van der Waals surface area contributed by atoms with Crippen LogP contribution >= 0.6 is 15.9 Å². The van der Waals surface area contributed by atoms with Crippen LogP contribution < -0.4 is 5.32 Å². The highest BCUT2D eigenvalue weighted by Crippen LogP contribution is 2.34. The van der Waals surface area contributed by atoms with E-state index >= 15 is 0 Å². The summed E-state index contributed by atoms with van der Waals surface area (Å²) in [5.41, 5.74) is 2.08. The Hall–Kier alpha value is -1.42. The van der Waals surface area contributed by atoms with Crippen molar-refractivity contribution in [3.63, 3.8) is 0 Å². The molecule has 2 heterocycles. The van der Waals surface area contributed by atoms with E-state index in [1.165, 1.54) is 5.56 Å². The second kappa shape index (κ2) is 5.41. The number of hydrogen-bond acceptors (Lipinski definition) is 2. The zero-order chi connectivity index (χ0) is 15.0. The number of carbonyl (C=O) groups excluding carboxylic acids is 1. The molecular formula is C17H19BrN2O. The molecule has 0 spiro atoms. The fourth-order valence-electron chi connectivity index (χ4n) is 3.19. The summed E-state index contributed by atoms with van der Waals surface area (Å²) in [7, 11) is 0. The van der Waals surface area contributed by atoms with E-state index in [0.717, 1.165) is 28.2 Å². The van der Waals surface area contributed by atoms with Gasteiger partial charge in [-0.15, -0.1) is 0 Å². The molecule has 3 nitrogen and oxygen atoms in total. The first-order chi connectivity index (χ1) is 10.0. The van der Waals surface area contributed by atoms with Crippen molar-refractivity contribution in [3.05, 3.63) is 40.5 Å². The summed E-state index contributed by atoms with van der Waals surface area (Å²) in [6.45, 7) is 4.36. The van der Waals surface area contributed by atoms with Crippen molar-refractivity contribution >= 4 is 32.7 Å². The molecule has 2 aromatic rings. The lowest BCUT2D eigenvalue weighted by molar-refractivity contribution is -0.120.